The fourth-order valence-electron chi connectivity index (χ4n) is 4.60. The van der Waals surface area contributed by atoms with Crippen LogP contribution in [0, 0.1) is 5.92 Å². The average Bonchev–Trinajstić information content (AvgIpc) is 3.03. The highest BCUT2D eigenvalue weighted by molar-refractivity contribution is 8.05. The highest BCUT2D eigenvalue weighted by Gasteiger charge is 2.42. The average molecular weight is 435 g/mol. The topological polar surface area (TPSA) is 32.3 Å². The first kappa shape index (κ1) is 22.0. The van der Waals surface area contributed by atoms with Gasteiger partial charge in [-0.05, 0) is 53.5 Å². The molecular formula is C27H34N2OS. The maximum atomic E-state index is 13.6. The quantitative estimate of drug-likeness (QED) is 0.533. The third-order valence-corrected chi connectivity index (χ3v) is 7.61. The monoisotopic (exact) mass is 434 g/mol. The van der Waals surface area contributed by atoms with Crippen LogP contribution in [0.3, 0.4) is 0 Å². The molecular weight excluding hydrogens is 400 g/mol. The number of para-hydroxylation sites is 1. The molecule has 0 bridgehead atoms. The molecule has 3 nitrogen and oxygen atoms in total. The lowest BCUT2D eigenvalue weighted by Gasteiger charge is -2.39. The Hall–Kier alpha value is -2.20. The van der Waals surface area contributed by atoms with Crippen molar-refractivity contribution in [1.82, 2.24) is 4.90 Å². The normalized spacial score (nSPS) is 25.8. The zero-order valence-electron chi connectivity index (χ0n) is 19.1. The number of thioether (sulfide) groups is 1. The van der Waals surface area contributed by atoms with Crippen LogP contribution < -0.4 is 5.32 Å². The Kier molecular flexibility index (Phi) is 6.47. The summed E-state index contributed by atoms with van der Waals surface area (Å²) in [6.45, 7) is 8.97. The number of rotatable bonds is 4. The summed E-state index contributed by atoms with van der Waals surface area (Å²) in [5, 5.41) is 3.61. The summed E-state index contributed by atoms with van der Waals surface area (Å²) in [6.07, 6.45) is 6.83. The number of anilines is 1. The number of carbonyl (C=O) groups is 1. The number of hydrogen-bond donors (Lipinski definition) is 1. The van der Waals surface area contributed by atoms with Gasteiger partial charge in [-0.1, -0.05) is 94.8 Å². The van der Waals surface area contributed by atoms with Crippen LogP contribution in [0.25, 0.3) is 6.08 Å². The summed E-state index contributed by atoms with van der Waals surface area (Å²) in [4.78, 5) is 16.5. The zero-order valence-corrected chi connectivity index (χ0v) is 19.9. The second kappa shape index (κ2) is 9.12. The first-order valence-electron chi connectivity index (χ1n) is 11.5. The molecule has 1 N–H and O–H groups in total. The molecule has 2 aromatic rings. The molecule has 1 aliphatic heterocycles. The molecule has 1 saturated carbocycles. The minimum absolute atomic E-state index is 0.0689. The van der Waals surface area contributed by atoms with Crippen molar-refractivity contribution in [1.29, 1.82) is 0 Å². The number of benzene rings is 2. The fourth-order valence-corrected chi connectivity index (χ4v) is 5.81. The minimum atomic E-state index is -0.0689. The lowest BCUT2D eigenvalue weighted by atomic mass is 9.85. The van der Waals surface area contributed by atoms with Crippen LogP contribution in [0.2, 0.25) is 0 Å². The molecule has 2 aromatic carbocycles. The van der Waals surface area contributed by atoms with E-state index in [9.17, 15) is 4.79 Å². The van der Waals surface area contributed by atoms with E-state index in [1.54, 1.807) is 11.8 Å². The molecule has 1 heterocycles. The van der Waals surface area contributed by atoms with Crippen molar-refractivity contribution in [3.8, 4) is 0 Å². The van der Waals surface area contributed by atoms with Crippen LogP contribution in [-0.2, 0) is 10.2 Å². The lowest BCUT2D eigenvalue weighted by Crippen LogP contribution is -2.48. The summed E-state index contributed by atoms with van der Waals surface area (Å²) in [7, 11) is 0. The maximum Gasteiger partial charge on any atom is 0.262 e. The molecule has 4 heteroatoms. The Morgan fingerprint density at radius 3 is 2.32 bits per heavy atom. The first-order chi connectivity index (χ1) is 14.8. The standard InChI is InChI=1S/C27H34N2OS/c1-19-10-8-9-13-23(19)29-25(30)24(31-26(29)28-22-11-6-5-7-12-22)18-20-14-16-21(17-15-20)27(2,3)4/h5-7,11-12,14-19,23,26,28H,8-10,13H2,1-4H3/b24-18-/t19-,23+,26?/m1/s1. The van der Waals surface area contributed by atoms with E-state index in [-0.39, 0.29) is 16.8 Å². The van der Waals surface area contributed by atoms with Gasteiger partial charge >= 0.3 is 0 Å². The third-order valence-electron chi connectivity index (χ3n) is 6.50. The molecule has 0 radical (unpaired) electrons. The van der Waals surface area contributed by atoms with Gasteiger partial charge in [0.05, 0.1) is 4.91 Å². The molecule has 4 rings (SSSR count). The van der Waals surface area contributed by atoms with Crippen molar-refractivity contribution in [3.05, 3.63) is 70.6 Å². The van der Waals surface area contributed by atoms with Crippen LogP contribution in [0.1, 0.15) is 64.5 Å². The summed E-state index contributed by atoms with van der Waals surface area (Å²) >= 11 is 1.65. The molecule has 31 heavy (non-hydrogen) atoms. The van der Waals surface area contributed by atoms with Gasteiger partial charge < -0.3 is 10.2 Å². The Bertz CT molecular complexity index is 930. The lowest BCUT2D eigenvalue weighted by molar-refractivity contribution is -0.129. The van der Waals surface area contributed by atoms with Crippen molar-refractivity contribution in [2.45, 2.75) is 70.3 Å². The second-order valence-corrected chi connectivity index (χ2v) is 11.0. The highest BCUT2D eigenvalue weighted by Crippen LogP contribution is 2.42. The Labute approximate surface area is 191 Å². The molecule has 0 aromatic heterocycles. The Morgan fingerprint density at radius 2 is 1.68 bits per heavy atom. The zero-order chi connectivity index (χ0) is 22.0. The van der Waals surface area contributed by atoms with Crippen molar-refractivity contribution >= 4 is 29.4 Å². The van der Waals surface area contributed by atoms with Gasteiger partial charge in [0.25, 0.3) is 5.91 Å². The molecule has 2 aliphatic rings. The Morgan fingerprint density at radius 1 is 1.00 bits per heavy atom. The number of hydrogen-bond acceptors (Lipinski definition) is 3. The van der Waals surface area contributed by atoms with Crippen LogP contribution >= 0.6 is 11.8 Å². The van der Waals surface area contributed by atoms with Crippen LogP contribution in [-0.4, -0.2) is 22.3 Å². The van der Waals surface area contributed by atoms with Crippen LogP contribution in [0.4, 0.5) is 5.69 Å². The van der Waals surface area contributed by atoms with E-state index in [1.807, 2.05) is 18.2 Å². The van der Waals surface area contributed by atoms with Gasteiger partial charge in [0.2, 0.25) is 0 Å². The fraction of sp³-hybridized carbons (Fsp3) is 0.444. The van der Waals surface area contributed by atoms with E-state index >= 15 is 0 Å². The first-order valence-corrected chi connectivity index (χ1v) is 12.3. The Balaban J connectivity index is 1.61. The van der Waals surface area contributed by atoms with E-state index < -0.39 is 0 Å². The number of nitrogens with one attached hydrogen (secondary N) is 1. The van der Waals surface area contributed by atoms with E-state index in [1.165, 1.54) is 24.8 Å². The molecule has 1 saturated heterocycles. The number of carbonyl (C=O) groups excluding carboxylic acids is 1. The summed E-state index contributed by atoms with van der Waals surface area (Å²) in [5.74, 6) is 0.695. The summed E-state index contributed by atoms with van der Waals surface area (Å²) < 4.78 is 0. The van der Waals surface area contributed by atoms with E-state index in [0.29, 0.717) is 12.0 Å². The van der Waals surface area contributed by atoms with E-state index in [2.05, 4.69) is 80.4 Å². The van der Waals surface area contributed by atoms with Gasteiger partial charge in [0.1, 0.15) is 0 Å². The summed E-state index contributed by atoms with van der Waals surface area (Å²) in [5.41, 5.74) is 3.50. The van der Waals surface area contributed by atoms with Crippen molar-refractivity contribution in [2.75, 3.05) is 5.32 Å². The number of nitrogens with zero attached hydrogens (tertiary/aromatic N) is 1. The molecule has 0 spiro atoms. The van der Waals surface area contributed by atoms with Crippen LogP contribution in [0.15, 0.2) is 59.5 Å². The SMILES string of the molecule is C[C@@H]1CCCC[C@@H]1N1C(=O)/C(=C/c2ccc(C(C)(C)C)cc2)SC1Nc1ccccc1. The smallest absolute Gasteiger partial charge is 0.262 e. The van der Waals surface area contributed by atoms with Gasteiger partial charge in [0.15, 0.2) is 5.50 Å². The van der Waals surface area contributed by atoms with Crippen LogP contribution in [0.5, 0.6) is 0 Å². The third kappa shape index (κ3) is 5.01. The van der Waals surface area contributed by atoms with E-state index in [4.69, 9.17) is 0 Å². The van der Waals surface area contributed by atoms with Crippen molar-refractivity contribution in [2.24, 2.45) is 5.92 Å². The molecule has 1 amide bonds. The van der Waals surface area contributed by atoms with Crippen molar-refractivity contribution < 1.29 is 4.79 Å². The van der Waals surface area contributed by atoms with Gasteiger partial charge in [-0.3, -0.25) is 4.79 Å². The maximum absolute atomic E-state index is 13.6. The molecule has 1 unspecified atom stereocenters. The van der Waals surface area contributed by atoms with E-state index in [0.717, 1.165) is 22.6 Å². The van der Waals surface area contributed by atoms with Crippen molar-refractivity contribution in [3.63, 3.8) is 0 Å². The largest absolute Gasteiger partial charge is 0.356 e. The van der Waals surface area contributed by atoms with Gasteiger partial charge in [-0.15, -0.1) is 0 Å². The second-order valence-electron chi connectivity index (χ2n) is 9.90. The molecule has 164 valence electrons. The number of amides is 1. The minimum Gasteiger partial charge on any atom is -0.356 e. The highest BCUT2D eigenvalue weighted by atomic mass is 32.2. The summed E-state index contributed by atoms with van der Waals surface area (Å²) in [6, 6.07) is 19.1. The van der Waals surface area contributed by atoms with Gasteiger partial charge in [-0.25, -0.2) is 0 Å². The predicted molar refractivity (Wildman–Crippen MR) is 133 cm³/mol. The predicted octanol–water partition coefficient (Wildman–Crippen LogP) is 6.87. The molecule has 3 atom stereocenters. The molecule has 1 aliphatic carbocycles. The van der Waals surface area contributed by atoms with Gasteiger partial charge in [0, 0.05) is 11.7 Å². The molecule has 2 fully saturated rings. The van der Waals surface area contributed by atoms with Gasteiger partial charge in [-0.2, -0.15) is 0 Å².